The lowest BCUT2D eigenvalue weighted by molar-refractivity contribution is 0.246. The van der Waals surface area contributed by atoms with Gasteiger partial charge in [0.25, 0.3) is 0 Å². The average Bonchev–Trinajstić information content (AvgIpc) is 2.91. The summed E-state index contributed by atoms with van der Waals surface area (Å²) in [5, 5.41) is 5.94. The summed E-state index contributed by atoms with van der Waals surface area (Å²) < 4.78 is 6.44. The van der Waals surface area contributed by atoms with Crippen LogP contribution in [0, 0.1) is 6.92 Å². The van der Waals surface area contributed by atoms with Crippen LogP contribution in [0.15, 0.2) is 39.4 Å². The molecule has 0 spiro atoms. The molecule has 2 N–H and O–H groups in total. The van der Waals surface area contributed by atoms with Crippen LogP contribution in [-0.2, 0) is 6.42 Å². The first kappa shape index (κ1) is 14.2. The Morgan fingerprint density at radius 2 is 2.24 bits per heavy atom. The van der Waals surface area contributed by atoms with Crippen LogP contribution in [0.3, 0.4) is 0 Å². The van der Waals surface area contributed by atoms with E-state index in [1.54, 1.807) is 6.26 Å². The molecule has 1 aliphatic rings. The first-order valence-electron chi connectivity index (χ1n) is 7.03. The minimum Gasteiger partial charge on any atom is -0.469 e. The molecule has 3 rings (SSSR count). The third-order valence-electron chi connectivity index (χ3n) is 3.79. The number of carbonyl (C=O) groups is 1. The summed E-state index contributed by atoms with van der Waals surface area (Å²) in [5.41, 5.74) is 2.94. The molecule has 1 aromatic heterocycles. The fourth-order valence-electron chi connectivity index (χ4n) is 2.72. The molecule has 0 fully saturated rings. The molecule has 2 amide bonds. The lowest BCUT2D eigenvalue weighted by Crippen LogP contribution is -2.34. The predicted octanol–water partition coefficient (Wildman–Crippen LogP) is 4.55. The molecule has 0 saturated heterocycles. The summed E-state index contributed by atoms with van der Waals surface area (Å²) in [5.74, 6) is 0.992. The number of fused-ring (bicyclic) bond motifs is 1. The van der Waals surface area contributed by atoms with Crippen molar-refractivity contribution < 1.29 is 9.21 Å². The number of nitrogens with one attached hydrogen (secondary N) is 2. The van der Waals surface area contributed by atoms with Gasteiger partial charge in [-0.15, -0.1) is 0 Å². The summed E-state index contributed by atoms with van der Waals surface area (Å²) in [6, 6.07) is 7.58. The fraction of sp³-hybridized carbons (Fsp3) is 0.312. The average molecular weight is 349 g/mol. The van der Waals surface area contributed by atoms with Crippen molar-refractivity contribution in [3.8, 4) is 0 Å². The summed E-state index contributed by atoms with van der Waals surface area (Å²) >= 11 is 3.42. The van der Waals surface area contributed by atoms with Crippen molar-refractivity contribution in [2.75, 3.05) is 5.32 Å². The highest BCUT2D eigenvalue weighted by Gasteiger charge is 2.24. The van der Waals surface area contributed by atoms with Crippen LogP contribution in [0.2, 0.25) is 0 Å². The fourth-order valence-corrected chi connectivity index (χ4v) is 3.20. The van der Waals surface area contributed by atoms with Crippen LogP contribution in [-0.4, -0.2) is 6.03 Å². The first-order valence-corrected chi connectivity index (χ1v) is 7.83. The molecule has 110 valence electrons. The summed E-state index contributed by atoms with van der Waals surface area (Å²) in [4.78, 5) is 12.2. The largest absolute Gasteiger partial charge is 0.469 e. The summed E-state index contributed by atoms with van der Waals surface area (Å²) in [6.07, 6.45) is 4.62. The van der Waals surface area contributed by atoms with E-state index in [0.717, 1.165) is 46.3 Å². The molecule has 0 radical (unpaired) electrons. The Hall–Kier alpha value is -1.75. The Balaban J connectivity index is 1.68. The number of amides is 2. The number of carbonyl (C=O) groups excluding carboxylic acids is 1. The summed E-state index contributed by atoms with van der Waals surface area (Å²) in [6.45, 7) is 1.97. The standard InChI is InChI=1S/C16H17BrN2O2/c1-10-9-11(17)5-6-13(10)18-16(20)19-14-3-2-4-15-12(14)7-8-21-15/h5-9,14H,2-4H2,1H3,(H2,18,19,20). The van der Waals surface area contributed by atoms with Crippen molar-refractivity contribution in [3.63, 3.8) is 0 Å². The Kier molecular flexibility index (Phi) is 4.01. The highest BCUT2D eigenvalue weighted by Crippen LogP contribution is 2.30. The zero-order valence-corrected chi connectivity index (χ0v) is 13.4. The van der Waals surface area contributed by atoms with E-state index in [1.165, 1.54) is 0 Å². The third-order valence-corrected chi connectivity index (χ3v) is 4.29. The molecule has 2 aromatic rings. The third kappa shape index (κ3) is 3.13. The lowest BCUT2D eigenvalue weighted by Gasteiger charge is -2.23. The summed E-state index contributed by atoms with van der Waals surface area (Å²) in [7, 11) is 0. The van der Waals surface area contributed by atoms with E-state index in [4.69, 9.17) is 4.42 Å². The highest BCUT2D eigenvalue weighted by molar-refractivity contribution is 9.10. The molecule has 21 heavy (non-hydrogen) atoms. The SMILES string of the molecule is Cc1cc(Br)ccc1NC(=O)NC1CCCc2occc21. The Labute approximate surface area is 132 Å². The molecule has 0 bridgehead atoms. The maximum atomic E-state index is 12.2. The van der Waals surface area contributed by atoms with Crippen LogP contribution in [0.25, 0.3) is 0 Å². The molecule has 1 aliphatic carbocycles. The van der Waals surface area contributed by atoms with Gasteiger partial charge in [-0.25, -0.2) is 4.79 Å². The van der Waals surface area contributed by atoms with Crippen LogP contribution in [0.5, 0.6) is 0 Å². The van der Waals surface area contributed by atoms with Gasteiger partial charge in [0.05, 0.1) is 12.3 Å². The molecule has 4 nitrogen and oxygen atoms in total. The molecule has 1 atom stereocenters. The Morgan fingerprint density at radius 1 is 1.38 bits per heavy atom. The predicted molar refractivity (Wildman–Crippen MR) is 85.4 cm³/mol. The topological polar surface area (TPSA) is 54.3 Å². The lowest BCUT2D eigenvalue weighted by atomic mass is 9.93. The number of rotatable bonds is 2. The van der Waals surface area contributed by atoms with Crippen molar-refractivity contribution in [2.45, 2.75) is 32.2 Å². The van der Waals surface area contributed by atoms with E-state index in [-0.39, 0.29) is 12.1 Å². The van der Waals surface area contributed by atoms with Gasteiger partial charge < -0.3 is 15.1 Å². The first-order chi connectivity index (χ1) is 10.1. The monoisotopic (exact) mass is 348 g/mol. The quantitative estimate of drug-likeness (QED) is 0.836. The van der Waals surface area contributed by atoms with Gasteiger partial charge in [0.15, 0.2) is 0 Å². The Morgan fingerprint density at radius 3 is 3.05 bits per heavy atom. The maximum Gasteiger partial charge on any atom is 0.319 e. The van der Waals surface area contributed by atoms with E-state index in [1.807, 2.05) is 31.2 Å². The van der Waals surface area contributed by atoms with Crippen molar-refractivity contribution in [2.24, 2.45) is 0 Å². The second-order valence-electron chi connectivity index (χ2n) is 5.30. The van der Waals surface area contributed by atoms with Gasteiger partial charge in [-0.1, -0.05) is 15.9 Å². The van der Waals surface area contributed by atoms with E-state index in [0.29, 0.717) is 0 Å². The second-order valence-corrected chi connectivity index (χ2v) is 6.22. The minimum atomic E-state index is -0.181. The molecule has 0 saturated carbocycles. The Bertz CT molecular complexity index is 666. The number of anilines is 1. The van der Waals surface area contributed by atoms with Crippen LogP contribution < -0.4 is 10.6 Å². The van der Waals surface area contributed by atoms with Gasteiger partial charge in [0.1, 0.15) is 5.76 Å². The molecular formula is C16H17BrN2O2. The molecule has 1 unspecified atom stereocenters. The number of aryl methyl sites for hydroxylation is 2. The van der Waals surface area contributed by atoms with Crippen molar-refractivity contribution in [3.05, 3.63) is 51.9 Å². The number of benzene rings is 1. The highest BCUT2D eigenvalue weighted by atomic mass is 79.9. The van der Waals surface area contributed by atoms with Crippen LogP contribution in [0.4, 0.5) is 10.5 Å². The smallest absolute Gasteiger partial charge is 0.319 e. The van der Waals surface area contributed by atoms with E-state index < -0.39 is 0 Å². The zero-order valence-electron chi connectivity index (χ0n) is 11.8. The second kappa shape index (κ2) is 5.93. The van der Waals surface area contributed by atoms with Crippen molar-refractivity contribution in [1.82, 2.24) is 5.32 Å². The van der Waals surface area contributed by atoms with Gasteiger partial charge in [0.2, 0.25) is 0 Å². The van der Waals surface area contributed by atoms with Gasteiger partial charge in [-0.3, -0.25) is 0 Å². The van der Waals surface area contributed by atoms with Crippen molar-refractivity contribution in [1.29, 1.82) is 0 Å². The minimum absolute atomic E-state index is 0.0308. The van der Waals surface area contributed by atoms with E-state index in [9.17, 15) is 4.79 Å². The van der Waals surface area contributed by atoms with Crippen LogP contribution in [0.1, 0.15) is 35.8 Å². The van der Waals surface area contributed by atoms with E-state index in [2.05, 4.69) is 26.6 Å². The zero-order chi connectivity index (χ0) is 14.8. The molecule has 5 heteroatoms. The van der Waals surface area contributed by atoms with Gasteiger partial charge in [-0.2, -0.15) is 0 Å². The number of halogens is 1. The van der Waals surface area contributed by atoms with Gasteiger partial charge in [0, 0.05) is 22.1 Å². The van der Waals surface area contributed by atoms with E-state index >= 15 is 0 Å². The maximum absolute atomic E-state index is 12.2. The molecule has 0 aliphatic heterocycles. The number of hydrogen-bond acceptors (Lipinski definition) is 2. The van der Waals surface area contributed by atoms with Gasteiger partial charge in [-0.05, 0) is 49.6 Å². The van der Waals surface area contributed by atoms with Gasteiger partial charge >= 0.3 is 6.03 Å². The van der Waals surface area contributed by atoms with Crippen molar-refractivity contribution >= 4 is 27.6 Å². The molecule has 1 heterocycles. The number of hydrogen-bond donors (Lipinski definition) is 2. The molecular weight excluding hydrogens is 332 g/mol. The molecule has 1 aromatic carbocycles. The number of urea groups is 1. The van der Waals surface area contributed by atoms with Crippen LogP contribution >= 0.6 is 15.9 Å². The normalized spacial score (nSPS) is 17.1. The number of furan rings is 1.